The van der Waals surface area contributed by atoms with Gasteiger partial charge < -0.3 is 19.2 Å². The van der Waals surface area contributed by atoms with Crippen molar-refractivity contribution in [2.45, 2.75) is 70.9 Å². The fourth-order valence-corrected chi connectivity index (χ4v) is 3.14. The van der Waals surface area contributed by atoms with Crippen LogP contribution >= 0.6 is 0 Å². The minimum atomic E-state index is -0.929. The molecule has 2 aliphatic heterocycles. The van der Waals surface area contributed by atoms with E-state index in [1.54, 1.807) is 10.9 Å². The molecule has 0 radical (unpaired) electrons. The molecule has 1 N–H and O–H groups in total. The highest BCUT2D eigenvalue weighted by Gasteiger charge is 2.52. The van der Waals surface area contributed by atoms with Crippen molar-refractivity contribution < 1.29 is 23.9 Å². The van der Waals surface area contributed by atoms with Gasteiger partial charge in [0.05, 0.1) is 42.5 Å². The van der Waals surface area contributed by atoms with Crippen LogP contribution in [0.5, 0.6) is 0 Å². The lowest BCUT2D eigenvalue weighted by Gasteiger charge is -2.43. The lowest BCUT2D eigenvalue weighted by atomic mass is 9.82. The molecule has 0 saturated carbocycles. The van der Waals surface area contributed by atoms with Gasteiger partial charge in [0, 0.05) is 17.9 Å². The molecule has 0 unspecified atom stereocenters. The molecule has 3 heterocycles. The van der Waals surface area contributed by atoms with Gasteiger partial charge in [0.25, 0.3) is 0 Å². The van der Waals surface area contributed by atoms with Crippen molar-refractivity contribution >= 4 is 18.7 Å². The molecule has 0 spiro atoms. The molecule has 2 saturated heterocycles. The van der Waals surface area contributed by atoms with Crippen LogP contribution in [0.15, 0.2) is 12.4 Å². The Labute approximate surface area is 154 Å². The predicted molar refractivity (Wildman–Crippen MR) is 96.5 cm³/mol. The van der Waals surface area contributed by atoms with E-state index in [1.807, 2.05) is 47.7 Å². The average molecular weight is 365 g/mol. The maximum absolute atomic E-state index is 11.5. The first-order valence-electron chi connectivity index (χ1n) is 8.91. The standard InChI is InChI=1S/C17H28BN3O5/c1-15(2)11-24-13(10-21(15)14(22)23)9-20-8-12(7-19-20)18-25-16(3,4)17(5,6)26-18/h7-8,13H,9-11H2,1-6H3,(H,22,23)/t13-/m0/s1. The number of amides is 1. The van der Waals surface area contributed by atoms with Crippen LogP contribution in [0.2, 0.25) is 0 Å². The van der Waals surface area contributed by atoms with Gasteiger partial charge in [0.15, 0.2) is 0 Å². The number of morpholine rings is 1. The number of nitrogens with zero attached hydrogens (tertiary/aromatic N) is 3. The van der Waals surface area contributed by atoms with Crippen molar-refractivity contribution in [1.82, 2.24) is 14.7 Å². The Morgan fingerprint density at radius 2 is 1.88 bits per heavy atom. The summed E-state index contributed by atoms with van der Waals surface area (Å²) in [7, 11) is -0.463. The fourth-order valence-electron chi connectivity index (χ4n) is 3.14. The van der Waals surface area contributed by atoms with Crippen LogP contribution in [0.25, 0.3) is 0 Å². The quantitative estimate of drug-likeness (QED) is 0.814. The molecule has 1 atom stereocenters. The van der Waals surface area contributed by atoms with Gasteiger partial charge in [-0.25, -0.2) is 4.79 Å². The monoisotopic (exact) mass is 365 g/mol. The van der Waals surface area contributed by atoms with Crippen LogP contribution in [0.3, 0.4) is 0 Å². The van der Waals surface area contributed by atoms with Crippen LogP contribution in [0.1, 0.15) is 41.5 Å². The summed E-state index contributed by atoms with van der Waals surface area (Å²) < 4.78 is 19.7. The number of aromatic nitrogens is 2. The third-order valence-electron chi connectivity index (χ3n) is 5.59. The zero-order valence-electron chi connectivity index (χ0n) is 16.4. The molecule has 8 nitrogen and oxygen atoms in total. The smallest absolute Gasteiger partial charge is 0.465 e. The SMILES string of the molecule is CC1(C)CO[C@@H](Cn2cc(B3OC(C)(C)C(C)(C)O3)cn2)CN1C(=O)O. The Bertz CT molecular complexity index is 672. The summed E-state index contributed by atoms with van der Waals surface area (Å²) in [5.74, 6) is 0. The number of hydrogen-bond acceptors (Lipinski definition) is 5. The van der Waals surface area contributed by atoms with E-state index in [9.17, 15) is 9.90 Å². The third kappa shape index (κ3) is 3.48. The van der Waals surface area contributed by atoms with Gasteiger partial charge in [-0.05, 0) is 41.5 Å². The Kier molecular flexibility index (Phi) is 4.61. The zero-order chi connectivity index (χ0) is 19.3. The molecule has 0 bridgehead atoms. The summed E-state index contributed by atoms with van der Waals surface area (Å²) in [5.41, 5.74) is -0.491. The molecular formula is C17H28BN3O5. The molecule has 1 amide bonds. The molecule has 1 aromatic rings. The van der Waals surface area contributed by atoms with Crippen molar-refractivity contribution in [2.75, 3.05) is 13.2 Å². The molecule has 3 rings (SSSR count). The summed E-state index contributed by atoms with van der Waals surface area (Å²) in [4.78, 5) is 12.9. The van der Waals surface area contributed by atoms with E-state index in [-0.39, 0.29) is 6.10 Å². The van der Waals surface area contributed by atoms with E-state index >= 15 is 0 Å². The van der Waals surface area contributed by atoms with E-state index < -0.39 is 30.0 Å². The highest BCUT2D eigenvalue weighted by molar-refractivity contribution is 6.61. The molecule has 2 fully saturated rings. The van der Waals surface area contributed by atoms with E-state index in [1.165, 1.54) is 4.90 Å². The Morgan fingerprint density at radius 1 is 1.27 bits per heavy atom. The highest BCUT2D eigenvalue weighted by Crippen LogP contribution is 2.36. The van der Waals surface area contributed by atoms with Crippen LogP contribution in [-0.2, 0) is 20.6 Å². The second-order valence-electron chi connectivity index (χ2n) is 8.72. The zero-order valence-corrected chi connectivity index (χ0v) is 16.4. The topological polar surface area (TPSA) is 86.1 Å². The maximum Gasteiger partial charge on any atom is 0.498 e. The number of carbonyl (C=O) groups is 1. The fraction of sp³-hybridized carbons (Fsp3) is 0.765. The van der Waals surface area contributed by atoms with Gasteiger partial charge in [-0.2, -0.15) is 5.10 Å². The van der Waals surface area contributed by atoms with Gasteiger partial charge in [0.1, 0.15) is 0 Å². The molecule has 1 aromatic heterocycles. The van der Waals surface area contributed by atoms with Crippen LogP contribution in [0.4, 0.5) is 4.79 Å². The van der Waals surface area contributed by atoms with Gasteiger partial charge >= 0.3 is 13.2 Å². The summed E-state index contributed by atoms with van der Waals surface area (Å²) in [6.45, 7) is 12.9. The first-order chi connectivity index (χ1) is 11.9. The largest absolute Gasteiger partial charge is 0.498 e. The van der Waals surface area contributed by atoms with Gasteiger partial charge in [0.2, 0.25) is 0 Å². The summed E-state index contributed by atoms with van der Waals surface area (Å²) in [6, 6.07) is 0. The number of ether oxygens (including phenoxy) is 1. The first kappa shape index (κ1) is 19.2. The van der Waals surface area contributed by atoms with Gasteiger partial charge in [-0.15, -0.1) is 0 Å². The van der Waals surface area contributed by atoms with Crippen molar-refractivity contribution in [3.05, 3.63) is 12.4 Å². The second kappa shape index (κ2) is 6.25. The van der Waals surface area contributed by atoms with Crippen LogP contribution in [0, 0.1) is 0 Å². The Balaban J connectivity index is 1.66. The molecule has 2 aliphatic rings. The van der Waals surface area contributed by atoms with Gasteiger partial charge in [-0.3, -0.25) is 9.58 Å². The molecular weight excluding hydrogens is 337 g/mol. The van der Waals surface area contributed by atoms with E-state index in [4.69, 9.17) is 14.0 Å². The number of carboxylic acid groups (broad SMARTS) is 1. The minimum Gasteiger partial charge on any atom is -0.465 e. The maximum atomic E-state index is 11.5. The lowest BCUT2D eigenvalue weighted by Crippen LogP contribution is -2.58. The van der Waals surface area contributed by atoms with Crippen LogP contribution < -0.4 is 5.46 Å². The molecule has 9 heteroatoms. The Morgan fingerprint density at radius 3 is 2.46 bits per heavy atom. The van der Waals surface area contributed by atoms with Crippen molar-refractivity contribution in [2.24, 2.45) is 0 Å². The number of rotatable bonds is 3. The summed E-state index contributed by atoms with van der Waals surface area (Å²) in [5, 5.41) is 13.8. The summed E-state index contributed by atoms with van der Waals surface area (Å²) in [6.07, 6.45) is 2.42. The normalized spacial score (nSPS) is 26.9. The highest BCUT2D eigenvalue weighted by atomic mass is 16.7. The lowest BCUT2D eigenvalue weighted by molar-refractivity contribution is -0.0918. The molecule has 0 aromatic carbocycles. The number of hydrogen-bond donors (Lipinski definition) is 1. The molecule has 0 aliphatic carbocycles. The molecule has 26 heavy (non-hydrogen) atoms. The summed E-state index contributed by atoms with van der Waals surface area (Å²) >= 11 is 0. The first-order valence-corrected chi connectivity index (χ1v) is 8.91. The van der Waals surface area contributed by atoms with E-state index in [0.717, 1.165) is 5.46 Å². The predicted octanol–water partition coefficient (Wildman–Crippen LogP) is 1.34. The second-order valence-corrected chi connectivity index (χ2v) is 8.72. The van der Waals surface area contributed by atoms with Crippen molar-refractivity contribution in [3.63, 3.8) is 0 Å². The Hall–Kier alpha value is -1.58. The average Bonchev–Trinajstić information content (AvgIpc) is 3.03. The van der Waals surface area contributed by atoms with E-state index in [2.05, 4.69) is 5.10 Å². The van der Waals surface area contributed by atoms with E-state index in [0.29, 0.717) is 19.7 Å². The van der Waals surface area contributed by atoms with Crippen molar-refractivity contribution in [3.8, 4) is 0 Å². The molecule has 144 valence electrons. The van der Waals surface area contributed by atoms with Gasteiger partial charge in [-0.1, -0.05) is 0 Å². The minimum absolute atomic E-state index is 0.245. The van der Waals surface area contributed by atoms with Crippen LogP contribution in [-0.4, -0.2) is 69.0 Å². The third-order valence-corrected chi connectivity index (χ3v) is 5.59. The van der Waals surface area contributed by atoms with Crippen molar-refractivity contribution in [1.29, 1.82) is 0 Å².